The van der Waals surface area contributed by atoms with Gasteiger partial charge < -0.3 is 23.7 Å². The van der Waals surface area contributed by atoms with Gasteiger partial charge in [0.05, 0.1) is 6.61 Å². The zero-order chi connectivity index (χ0) is 14.5. The van der Waals surface area contributed by atoms with E-state index in [1.54, 1.807) is 6.92 Å². The van der Waals surface area contributed by atoms with Crippen molar-refractivity contribution in [2.24, 2.45) is 0 Å². The summed E-state index contributed by atoms with van der Waals surface area (Å²) < 4.78 is 32.7. The minimum Gasteiger partial charge on any atom is -0.456 e. The first kappa shape index (κ1) is 13.7. The van der Waals surface area contributed by atoms with Crippen molar-refractivity contribution in [1.82, 2.24) is 0 Å². The summed E-state index contributed by atoms with van der Waals surface area (Å²) in [6.07, 6.45) is -3.57. The summed E-state index contributed by atoms with van der Waals surface area (Å²) in [7, 11) is 0. The van der Waals surface area contributed by atoms with Gasteiger partial charge in [0.1, 0.15) is 6.10 Å². The van der Waals surface area contributed by atoms with Crippen molar-refractivity contribution in [2.75, 3.05) is 6.61 Å². The maximum atomic E-state index is 11.3. The minimum atomic E-state index is -1.23. The normalized spacial score (nSPS) is 45.9. The van der Waals surface area contributed by atoms with E-state index in [4.69, 9.17) is 28.4 Å². The van der Waals surface area contributed by atoms with Crippen LogP contribution in [0.15, 0.2) is 0 Å². The number of hydrogen-bond acceptors (Lipinski definition) is 8. The lowest BCUT2D eigenvalue weighted by Crippen LogP contribution is -2.61. The number of hydrogen-bond donors (Lipinski definition) is 0. The highest BCUT2D eigenvalue weighted by atomic mass is 17.0. The smallest absolute Gasteiger partial charge is 0.303 e. The zero-order valence-corrected chi connectivity index (χ0v) is 11.4. The predicted molar refractivity (Wildman–Crippen MR) is 60.1 cm³/mol. The fourth-order valence-corrected chi connectivity index (χ4v) is 2.68. The third kappa shape index (κ3) is 2.28. The van der Waals surface area contributed by atoms with E-state index < -0.39 is 48.6 Å². The number of fused-ring (bicyclic) bond motifs is 2. The molecule has 0 radical (unpaired) electrons. The molecule has 8 nitrogen and oxygen atoms in total. The minimum absolute atomic E-state index is 0.107. The van der Waals surface area contributed by atoms with Gasteiger partial charge >= 0.3 is 11.9 Å². The SMILES string of the molecule is CC(=O)O[C@@H]1[C@@H]2OC3(C)OC[C@@H](O[C@H]2O3)[C@H]1OC(C)=O. The summed E-state index contributed by atoms with van der Waals surface area (Å²) in [5.74, 6) is -2.23. The Balaban J connectivity index is 1.90. The highest BCUT2D eigenvalue weighted by Crippen LogP contribution is 2.42. The summed E-state index contributed by atoms with van der Waals surface area (Å²) in [6.45, 7) is 4.27. The molecule has 8 heteroatoms. The molecular weight excluding hydrogens is 272 g/mol. The van der Waals surface area contributed by atoms with Gasteiger partial charge in [-0.15, -0.1) is 0 Å². The Morgan fingerprint density at radius 1 is 1.10 bits per heavy atom. The number of carbonyl (C=O) groups excluding carboxylic acids is 2. The van der Waals surface area contributed by atoms with Crippen LogP contribution in [0.4, 0.5) is 0 Å². The van der Waals surface area contributed by atoms with Crippen molar-refractivity contribution in [3.05, 3.63) is 0 Å². The third-order valence-corrected chi connectivity index (χ3v) is 3.39. The molecule has 3 bridgehead atoms. The van der Waals surface area contributed by atoms with E-state index >= 15 is 0 Å². The number of carbonyl (C=O) groups is 2. The first-order valence-electron chi connectivity index (χ1n) is 6.37. The zero-order valence-electron chi connectivity index (χ0n) is 11.4. The molecule has 0 spiro atoms. The maximum Gasteiger partial charge on any atom is 0.303 e. The third-order valence-electron chi connectivity index (χ3n) is 3.39. The van der Waals surface area contributed by atoms with E-state index in [-0.39, 0.29) is 6.61 Å². The first-order chi connectivity index (χ1) is 9.38. The Bertz CT molecular complexity index is 437. The average Bonchev–Trinajstić information content (AvgIpc) is 2.56. The molecule has 0 aromatic heterocycles. The van der Waals surface area contributed by atoms with Gasteiger partial charge in [-0.25, -0.2) is 0 Å². The van der Waals surface area contributed by atoms with Crippen molar-refractivity contribution < 1.29 is 38.0 Å². The summed E-state index contributed by atoms with van der Waals surface area (Å²) in [6, 6.07) is 0. The van der Waals surface area contributed by atoms with E-state index in [0.29, 0.717) is 0 Å². The van der Waals surface area contributed by atoms with Crippen LogP contribution >= 0.6 is 0 Å². The molecule has 0 amide bonds. The molecule has 6 atom stereocenters. The Labute approximate surface area is 115 Å². The van der Waals surface area contributed by atoms with Gasteiger partial charge in [0.2, 0.25) is 0 Å². The van der Waals surface area contributed by atoms with Crippen LogP contribution in [0.2, 0.25) is 0 Å². The lowest BCUT2D eigenvalue weighted by Gasteiger charge is -2.41. The van der Waals surface area contributed by atoms with Crippen molar-refractivity contribution in [1.29, 1.82) is 0 Å². The van der Waals surface area contributed by atoms with E-state index in [1.165, 1.54) is 13.8 Å². The molecule has 3 fully saturated rings. The van der Waals surface area contributed by atoms with Crippen molar-refractivity contribution in [2.45, 2.75) is 57.5 Å². The molecule has 0 N–H and O–H groups in total. The fourth-order valence-electron chi connectivity index (χ4n) is 2.68. The largest absolute Gasteiger partial charge is 0.456 e. The van der Waals surface area contributed by atoms with Crippen LogP contribution in [-0.2, 0) is 38.0 Å². The van der Waals surface area contributed by atoms with Crippen LogP contribution in [0.5, 0.6) is 0 Å². The Kier molecular flexibility index (Phi) is 3.20. The highest BCUT2D eigenvalue weighted by molar-refractivity contribution is 5.67. The Morgan fingerprint density at radius 3 is 2.40 bits per heavy atom. The van der Waals surface area contributed by atoms with Crippen LogP contribution in [0.25, 0.3) is 0 Å². The molecule has 3 rings (SSSR count). The molecule has 0 aromatic rings. The predicted octanol–water partition coefficient (Wildman–Crippen LogP) is -0.306. The second-order valence-electron chi connectivity index (χ2n) is 5.06. The van der Waals surface area contributed by atoms with E-state index in [2.05, 4.69) is 0 Å². The molecule has 3 saturated heterocycles. The number of esters is 2. The monoisotopic (exact) mass is 288 g/mol. The molecule has 3 aliphatic rings. The standard InChI is InChI=1S/C12H16O8/c1-5(13)16-8-7-4-15-12(3)19-10(11(18-7)20-12)9(8)17-6(2)14/h7-11H,4H2,1-3H3/t7-,8-,9+,10+,11+,12?/m1/s1. The van der Waals surface area contributed by atoms with E-state index in [9.17, 15) is 9.59 Å². The van der Waals surface area contributed by atoms with Gasteiger partial charge in [-0.05, 0) is 0 Å². The lowest BCUT2D eigenvalue weighted by molar-refractivity contribution is -0.336. The van der Waals surface area contributed by atoms with Crippen LogP contribution < -0.4 is 0 Å². The quantitative estimate of drug-likeness (QED) is 0.639. The van der Waals surface area contributed by atoms with Crippen molar-refractivity contribution in [3.8, 4) is 0 Å². The Hall–Kier alpha value is -1.22. The molecule has 112 valence electrons. The molecule has 0 saturated carbocycles. The van der Waals surface area contributed by atoms with Gasteiger partial charge in [-0.3, -0.25) is 14.3 Å². The average molecular weight is 288 g/mol. The summed E-state index contributed by atoms with van der Waals surface area (Å²) in [4.78, 5) is 22.5. The molecule has 0 aliphatic carbocycles. The van der Waals surface area contributed by atoms with Crippen LogP contribution in [-0.4, -0.2) is 55.2 Å². The van der Waals surface area contributed by atoms with E-state index in [0.717, 1.165) is 0 Å². The molecule has 3 heterocycles. The second kappa shape index (κ2) is 4.66. The van der Waals surface area contributed by atoms with Crippen LogP contribution in [0.3, 0.4) is 0 Å². The number of ether oxygens (including phenoxy) is 6. The number of rotatable bonds is 2. The van der Waals surface area contributed by atoms with Gasteiger partial charge in [0.25, 0.3) is 5.97 Å². The topological polar surface area (TPSA) is 89.5 Å². The van der Waals surface area contributed by atoms with Crippen molar-refractivity contribution >= 4 is 11.9 Å². The van der Waals surface area contributed by atoms with Gasteiger partial charge in [-0.2, -0.15) is 0 Å². The van der Waals surface area contributed by atoms with Crippen LogP contribution in [0.1, 0.15) is 20.8 Å². The van der Waals surface area contributed by atoms with Crippen LogP contribution in [0, 0.1) is 0 Å². The fraction of sp³-hybridized carbons (Fsp3) is 0.833. The Morgan fingerprint density at radius 2 is 1.75 bits per heavy atom. The first-order valence-corrected chi connectivity index (χ1v) is 6.37. The summed E-state index contributed by atoms with van der Waals surface area (Å²) in [5, 5.41) is 0. The molecule has 20 heavy (non-hydrogen) atoms. The molecule has 0 aromatic carbocycles. The molecule has 1 unspecified atom stereocenters. The second-order valence-corrected chi connectivity index (χ2v) is 5.06. The van der Waals surface area contributed by atoms with Crippen molar-refractivity contribution in [3.63, 3.8) is 0 Å². The molecule has 3 aliphatic heterocycles. The van der Waals surface area contributed by atoms with Gasteiger partial charge in [0, 0.05) is 20.8 Å². The van der Waals surface area contributed by atoms with Gasteiger partial charge in [-0.1, -0.05) is 0 Å². The van der Waals surface area contributed by atoms with Gasteiger partial charge in [0.15, 0.2) is 24.6 Å². The van der Waals surface area contributed by atoms with E-state index in [1.807, 2.05) is 0 Å². The summed E-state index contributed by atoms with van der Waals surface area (Å²) >= 11 is 0. The summed E-state index contributed by atoms with van der Waals surface area (Å²) in [5.41, 5.74) is 0. The molecular formula is C12H16O8. The highest BCUT2D eigenvalue weighted by Gasteiger charge is 2.62. The maximum absolute atomic E-state index is 11.3. The lowest BCUT2D eigenvalue weighted by atomic mass is 9.98.